The Morgan fingerprint density at radius 1 is 1.16 bits per heavy atom. The Hall–Kier alpha value is -0.860. The average molecular weight is 260 g/mol. The second-order valence-electron chi connectivity index (χ2n) is 6.24. The third-order valence-corrected chi connectivity index (χ3v) is 4.67. The van der Waals surface area contributed by atoms with E-state index in [9.17, 15) is 0 Å². The molecule has 0 amide bonds. The van der Waals surface area contributed by atoms with Gasteiger partial charge in [-0.25, -0.2) is 0 Å². The van der Waals surface area contributed by atoms with Crippen LogP contribution in [0.15, 0.2) is 30.3 Å². The van der Waals surface area contributed by atoms with E-state index in [4.69, 9.17) is 5.73 Å². The molecule has 0 aromatic heterocycles. The first kappa shape index (κ1) is 14.5. The smallest absolute Gasteiger partial charge is 0.0333 e. The van der Waals surface area contributed by atoms with Crippen LogP contribution in [0.3, 0.4) is 0 Å². The van der Waals surface area contributed by atoms with Gasteiger partial charge in [0.25, 0.3) is 0 Å². The predicted octanol–water partition coefficient (Wildman–Crippen LogP) is 3.59. The van der Waals surface area contributed by atoms with Crippen LogP contribution in [0.25, 0.3) is 0 Å². The van der Waals surface area contributed by atoms with E-state index >= 15 is 0 Å². The third-order valence-electron chi connectivity index (χ3n) is 4.67. The molecule has 2 rings (SSSR count). The van der Waals surface area contributed by atoms with E-state index in [1.165, 1.54) is 24.8 Å². The maximum absolute atomic E-state index is 6.42. The van der Waals surface area contributed by atoms with Crippen LogP contribution in [-0.4, -0.2) is 23.5 Å². The molecule has 4 unspecified atom stereocenters. The van der Waals surface area contributed by atoms with Gasteiger partial charge in [-0.1, -0.05) is 43.7 Å². The Kier molecular flexibility index (Phi) is 5.00. The summed E-state index contributed by atoms with van der Waals surface area (Å²) in [5.74, 6) is 0.491. The minimum Gasteiger partial charge on any atom is -0.324 e. The molecule has 0 spiro atoms. The SMILES string of the molecule is CC(CN1C(C)CCCC1C)C(N)c1ccccc1. The first-order chi connectivity index (χ1) is 9.09. The average Bonchev–Trinajstić information content (AvgIpc) is 2.43. The maximum Gasteiger partial charge on any atom is 0.0333 e. The van der Waals surface area contributed by atoms with E-state index in [-0.39, 0.29) is 6.04 Å². The van der Waals surface area contributed by atoms with Gasteiger partial charge in [-0.2, -0.15) is 0 Å². The zero-order valence-corrected chi connectivity index (χ0v) is 12.5. The molecule has 4 atom stereocenters. The van der Waals surface area contributed by atoms with Gasteiger partial charge in [0, 0.05) is 24.7 Å². The summed E-state index contributed by atoms with van der Waals surface area (Å²) in [4.78, 5) is 2.65. The van der Waals surface area contributed by atoms with E-state index in [0.717, 1.165) is 6.54 Å². The van der Waals surface area contributed by atoms with Gasteiger partial charge >= 0.3 is 0 Å². The van der Waals surface area contributed by atoms with Crippen molar-refractivity contribution in [3.63, 3.8) is 0 Å². The first-order valence-corrected chi connectivity index (χ1v) is 7.66. The first-order valence-electron chi connectivity index (χ1n) is 7.66. The maximum atomic E-state index is 6.42. The summed E-state index contributed by atoms with van der Waals surface area (Å²) in [6.07, 6.45) is 4.03. The molecule has 1 saturated heterocycles. The van der Waals surface area contributed by atoms with Gasteiger partial charge in [0.15, 0.2) is 0 Å². The number of nitrogens with two attached hydrogens (primary N) is 1. The topological polar surface area (TPSA) is 29.3 Å². The van der Waals surface area contributed by atoms with Crippen LogP contribution >= 0.6 is 0 Å². The molecule has 19 heavy (non-hydrogen) atoms. The number of hydrogen-bond donors (Lipinski definition) is 1. The predicted molar refractivity (Wildman–Crippen MR) is 82.0 cm³/mol. The van der Waals surface area contributed by atoms with E-state index in [1.807, 2.05) is 0 Å². The Bertz CT molecular complexity index is 366. The molecule has 0 saturated carbocycles. The van der Waals surface area contributed by atoms with E-state index in [2.05, 4.69) is 56.0 Å². The summed E-state index contributed by atoms with van der Waals surface area (Å²) in [5.41, 5.74) is 7.68. The summed E-state index contributed by atoms with van der Waals surface area (Å²) in [5, 5.41) is 0. The fraction of sp³-hybridized carbons (Fsp3) is 0.647. The Morgan fingerprint density at radius 2 is 1.74 bits per heavy atom. The van der Waals surface area contributed by atoms with E-state index < -0.39 is 0 Å². The van der Waals surface area contributed by atoms with Crippen molar-refractivity contribution in [1.82, 2.24) is 4.90 Å². The highest BCUT2D eigenvalue weighted by molar-refractivity contribution is 5.19. The lowest BCUT2D eigenvalue weighted by Crippen LogP contribution is -2.47. The number of hydrogen-bond acceptors (Lipinski definition) is 2. The van der Waals surface area contributed by atoms with Crippen molar-refractivity contribution in [2.45, 2.75) is 58.2 Å². The van der Waals surface area contributed by atoms with Crippen molar-refractivity contribution >= 4 is 0 Å². The zero-order valence-electron chi connectivity index (χ0n) is 12.5. The fourth-order valence-electron chi connectivity index (χ4n) is 3.28. The Balaban J connectivity index is 1.98. The standard InChI is InChI=1S/C17H28N2/c1-13(17(18)16-10-5-4-6-11-16)12-19-14(2)8-7-9-15(19)3/h4-6,10-11,13-15,17H,7-9,12,18H2,1-3H3. The molecule has 1 aromatic rings. The van der Waals surface area contributed by atoms with Crippen molar-refractivity contribution in [3.05, 3.63) is 35.9 Å². The molecule has 106 valence electrons. The van der Waals surface area contributed by atoms with Crippen molar-refractivity contribution in [1.29, 1.82) is 0 Å². The molecular weight excluding hydrogens is 232 g/mol. The second-order valence-corrected chi connectivity index (χ2v) is 6.24. The Labute approximate surface area is 118 Å². The molecule has 2 heteroatoms. The quantitative estimate of drug-likeness (QED) is 0.896. The zero-order chi connectivity index (χ0) is 13.8. The van der Waals surface area contributed by atoms with Gasteiger partial charge in [-0.15, -0.1) is 0 Å². The summed E-state index contributed by atoms with van der Waals surface area (Å²) in [6.45, 7) is 8.11. The van der Waals surface area contributed by atoms with Crippen LogP contribution in [0, 0.1) is 5.92 Å². The van der Waals surface area contributed by atoms with Crippen LogP contribution in [-0.2, 0) is 0 Å². The van der Waals surface area contributed by atoms with Crippen LogP contribution in [0.5, 0.6) is 0 Å². The van der Waals surface area contributed by atoms with Gasteiger partial charge in [-0.05, 0) is 38.2 Å². The number of likely N-dealkylation sites (tertiary alicyclic amines) is 1. The molecule has 1 aliphatic heterocycles. The largest absolute Gasteiger partial charge is 0.324 e. The summed E-state index contributed by atoms with van der Waals surface area (Å²) in [6, 6.07) is 12.0. The number of benzene rings is 1. The monoisotopic (exact) mass is 260 g/mol. The molecule has 1 aromatic carbocycles. The van der Waals surface area contributed by atoms with Gasteiger partial charge in [0.05, 0.1) is 0 Å². The summed E-state index contributed by atoms with van der Waals surface area (Å²) in [7, 11) is 0. The van der Waals surface area contributed by atoms with Crippen LogP contribution in [0.1, 0.15) is 51.6 Å². The lowest BCUT2D eigenvalue weighted by atomic mass is 9.91. The molecule has 2 N–H and O–H groups in total. The number of nitrogens with zero attached hydrogens (tertiary/aromatic N) is 1. The van der Waals surface area contributed by atoms with Crippen LogP contribution < -0.4 is 5.73 Å². The summed E-state index contributed by atoms with van der Waals surface area (Å²) < 4.78 is 0. The lowest BCUT2D eigenvalue weighted by Gasteiger charge is -2.41. The molecule has 0 bridgehead atoms. The van der Waals surface area contributed by atoms with Gasteiger partial charge in [0.1, 0.15) is 0 Å². The van der Waals surface area contributed by atoms with Gasteiger partial charge in [-0.3, -0.25) is 4.90 Å². The fourth-order valence-corrected chi connectivity index (χ4v) is 3.28. The van der Waals surface area contributed by atoms with Gasteiger partial charge < -0.3 is 5.73 Å². The van der Waals surface area contributed by atoms with Crippen molar-refractivity contribution < 1.29 is 0 Å². The van der Waals surface area contributed by atoms with Crippen LogP contribution in [0.2, 0.25) is 0 Å². The highest BCUT2D eigenvalue weighted by Gasteiger charge is 2.27. The molecule has 1 heterocycles. The van der Waals surface area contributed by atoms with Crippen molar-refractivity contribution in [3.8, 4) is 0 Å². The van der Waals surface area contributed by atoms with Crippen molar-refractivity contribution in [2.75, 3.05) is 6.54 Å². The minimum absolute atomic E-state index is 0.141. The minimum atomic E-state index is 0.141. The second kappa shape index (κ2) is 6.53. The molecule has 1 aliphatic rings. The van der Waals surface area contributed by atoms with Crippen molar-refractivity contribution in [2.24, 2.45) is 11.7 Å². The van der Waals surface area contributed by atoms with E-state index in [1.54, 1.807) is 0 Å². The lowest BCUT2D eigenvalue weighted by molar-refractivity contribution is 0.0820. The normalized spacial score (nSPS) is 28.0. The molecule has 0 radical (unpaired) electrons. The highest BCUT2D eigenvalue weighted by Crippen LogP contribution is 2.27. The van der Waals surface area contributed by atoms with E-state index in [0.29, 0.717) is 18.0 Å². The molecule has 0 aliphatic carbocycles. The van der Waals surface area contributed by atoms with Gasteiger partial charge in [0.2, 0.25) is 0 Å². The number of piperidine rings is 1. The molecular formula is C17H28N2. The Morgan fingerprint density at radius 3 is 2.32 bits per heavy atom. The highest BCUT2D eigenvalue weighted by atomic mass is 15.2. The van der Waals surface area contributed by atoms with Crippen LogP contribution in [0.4, 0.5) is 0 Å². The summed E-state index contributed by atoms with van der Waals surface area (Å²) >= 11 is 0. The molecule has 2 nitrogen and oxygen atoms in total. The molecule has 1 fully saturated rings. The number of rotatable bonds is 4. The third kappa shape index (κ3) is 3.58.